The van der Waals surface area contributed by atoms with E-state index in [9.17, 15) is 14.7 Å². The van der Waals surface area contributed by atoms with Crippen LogP contribution in [0.4, 0.5) is 5.69 Å². The lowest BCUT2D eigenvalue weighted by Gasteiger charge is -2.20. The summed E-state index contributed by atoms with van der Waals surface area (Å²) in [5, 5.41) is 12.0. The topological polar surface area (TPSA) is 75.6 Å². The molecule has 5 nitrogen and oxygen atoms in total. The van der Waals surface area contributed by atoms with Gasteiger partial charge >= 0.3 is 5.97 Å². The Morgan fingerprint density at radius 2 is 1.70 bits per heavy atom. The molecule has 2 bridgehead atoms. The van der Waals surface area contributed by atoms with Crippen molar-refractivity contribution < 1.29 is 19.4 Å². The maximum atomic E-state index is 12.3. The zero-order chi connectivity index (χ0) is 14.3. The fourth-order valence-corrected chi connectivity index (χ4v) is 3.03. The fraction of sp³-hybridized carbons (Fsp3) is 0.286. The second-order valence-electron chi connectivity index (χ2n) is 4.84. The van der Waals surface area contributed by atoms with Crippen molar-refractivity contribution in [2.24, 2.45) is 11.8 Å². The molecule has 0 spiro atoms. The maximum absolute atomic E-state index is 12.3. The summed E-state index contributed by atoms with van der Waals surface area (Å²) >= 11 is 2.18. The zero-order valence-corrected chi connectivity index (χ0v) is 12.5. The molecule has 104 valence electrons. The van der Waals surface area contributed by atoms with E-state index in [1.807, 2.05) is 12.1 Å². The summed E-state index contributed by atoms with van der Waals surface area (Å²) in [6.07, 6.45) is 2.55. The molecule has 0 saturated carbocycles. The van der Waals surface area contributed by atoms with Crippen LogP contribution in [0.2, 0.25) is 0 Å². The number of carboxylic acid groups (broad SMARTS) is 1. The van der Waals surface area contributed by atoms with E-state index in [4.69, 9.17) is 4.74 Å². The van der Waals surface area contributed by atoms with Gasteiger partial charge in [-0.25, -0.2) is 0 Å². The van der Waals surface area contributed by atoms with Gasteiger partial charge in [0.15, 0.2) is 0 Å². The van der Waals surface area contributed by atoms with Crippen LogP contribution in [0, 0.1) is 15.4 Å². The van der Waals surface area contributed by atoms with Gasteiger partial charge in [-0.2, -0.15) is 0 Å². The van der Waals surface area contributed by atoms with E-state index >= 15 is 0 Å². The minimum Gasteiger partial charge on any atom is -0.481 e. The van der Waals surface area contributed by atoms with Gasteiger partial charge in [0, 0.05) is 9.26 Å². The summed E-state index contributed by atoms with van der Waals surface area (Å²) in [7, 11) is 0. The highest BCUT2D eigenvalue weighted by Crippen LogP contribution is 2.39. The molecular formula is C14H12INO4. The first kappa shape index (κ1) is 13.6. The highest BCUT2D eigenvalue weighted by atomic mass is 127. The van der Waals surface area contributed by atoms with Crippen LogP contribution >= 0.6 is 22.6 Å². The summed E-state index contributed by atoms with van der Waals surface area (Å²) < 4.78 is 6.55. The minimum absolute atomic E-state index is 0.310. The quantitative estimate of drug-likeness (QED) is 0.616. The van der Waals surface area contributed by atoms with Gasteiger partial charge in [0.25, 0.3) is 0 Å². The number of hydrogen-bond donors (Lipinski definition) is 2. The Morgan fingerprint density at radius 1 is 1.10 bits per heavy atom. The third kappa shape index (κ3) is 2.33. The Bertz CT molecular complexity index is 583. The first-order valence-corrected chi connectivity index (χ1v) is 7.27. The number of hydrogen-bond acceptors (Lipinski definition) is 3. The van der Waals surface area contributed by atoms with Gasteiger partial charge in [-0.1, -0.05) is 12.2 Å². The number of aliphatic carboxylic acids is 1. The number of fused-ring (bicyclic) bond motifs is 2. The molecule has 2 aliphatic rings. The lowest BCUT2D eigenvalue weighted by molar-refractivity contribution is -0.145. The normalized spacial score (nSPS) is 30.4. The van der Waals surface area contributed by atoms with Gasteiger partial charge in [-0.05, 0) is 46.9 Å². The van der Waals surface area contributed by atoms with Crippen molar-refractivity contribution in [3.8, 4) is 0 Å². The molecule has 0 radical (unpaired) electrons. The zero-order valence-electron chi connectivity index (χ0n) is 10.3. The van der Waals surface area contributed by atoms with Gasteiger partial charge in [-0.15, -0.1) is 0 Å². The molecule has 1 aromatic carbocycles. The number of ether oxygens (including phenoxy) is 1. The Hall–Kier alpha value is -1.41. The molecule has 6 heteroatoms. The van der Waals surface area contributed by atoms with Crippen molar-refractivity contribution in [1.29, 1.82) is 0 Å². The van der Waals surface area contributed by atoms with Crippen LogP contribution in [0.15, 0.2) is 36.4 Å². The van der Waals surface area contributed by atoms with Gasteiger partial charge in [0.05, 0.1) is 18.1 Å². The first-order chi connectivity index (χ1) is 9.56. The van der Waals surface area contributed by atoms with Crippen molar-refractivity contribution in [1.82, 2.24) is 0 Å². The standard InChI is InChI=1S/C14H12INO4/c15-7-1-3-8(4-2-7)16-13(17)11-9-5-6-10(20-9)12(11)14(18)19/h1-6,9-12H,(H,16,17)(H,18,19)/t9-,10-,11-,12-/m1/s1. The number of rotatable bonds is 3. The van der Waals surface area contributed by atoms with E-state index in [1.165, 1.54) is 0 Å². The number of anilines is 1. The van der Waals surface area contributed by atoms with Crippen LogP contribution in [0.25, 0.3) is 0 Å². The third-order valence-corrected chi connectivity index (χ3v) is 4.32. The van der Waals surface area contributed by atoms with Gasteiger partial charge in [0.1, 0.15) is 5.92 Å². The highest BCUT2D eigenvalue weighted by molar-refractivity contribution is 14.1. The van der Waals surface area contributed by atoms with E-state index in [0.717, 1.165) is 3.57 Å². The van der Waals surface area contributed by atoms with E-state index in [-0.39, 0.29) is 5.91 Å². The number of amides is 1. The van der Waals surface area contributed by atoms with Crippen LogP contribution in [-0.4, -0.2) is 29.2 Å². The summed E-state index contributed by atoms with van der Waals surface area (Å²) in [5.74, 6) is -2.80. The number of halogens is 1. The molecule has 1 aromatic rings. The van der Waals surface area contributed by atoms with Gasteiger partial charge < -0.3 is 15.2 Å². The Balaban J connectivity index is 1.78. The van der Waals surface area contributed by atoms with Crippen molar-refractivity contribution >= 4 is 40.2 Å². The predicted molar refractivity (Wildman–Crippen MR) is 80.2 cm³/mol. The van der Waals surface area contributed by atoms with Crippen LogP contribution in [0.3, 0.4) is 0 Å². The van der Waals surface area contributed by atoms with Gasteiger partial charge in [0.2, 0.25) is 5.91 Å². The van der Waals surface area contributed by atoms with E-state index in [2.05, 4.69) is 27.9 Å². The molecule has 2 aliphatic heterocycles. The number of nitrogens with one attached hydrogen (secondary N) is 1. The van der Waals surface area contributed by atoms with Crippen LogP contribution in [0.5, 0.6) is 0 Å². The SMILES string of the molecule is O=C(O)[C@H]1[C@H](C(=O)Nc2ccc(I)cc2)[C@H]2C=C[C@H]1O2. The van der Waals surface area contributed by atoms with Gasteiger partial charge in [-0.3, -0.25) is 9.59 Å². The minimum atomic E-state index is -0.996. The molecule has 1 fully saturated rings. The predicted octanol–water partition coefficient (Wildman–Crippen LogP) is 1.88. The van der Waals surface area contributed by atoms with E-state index in [1.54, 1.807) is 24.3 Å². The molecule has 2 N–H and O–H groups in total. The number of carbonyl (C=O) groups is 2. The second-order valence-corrected chi connectivity index (χ2v) is 6.08. The molecule has 0 aromatic heterocycles. The average molecular weight is 385 g/mol. The number of benzene rings is 1. The number of carboxylic acids is 1. The second kappa shape index (κ2) is 5.17. The molecular weight excluding hydrogens is 373 g/mol. The summed E-state index contributed by atoms with van der Waals surface area (Å²) in [6.45, 7) is 0. The highest BCUT2D eigenvalue weighted by Gasteiger charge is 2.53. The van der Waals surface area contributed by atoms with Crippen molar-refractivity contribution in [3.63, 3.8) is 0 Å². The average Bonchev–Trinajstić information content (AvgIpc) is 3.01. The molecule has 2 heterocycles. The summed E-state index contributed by atoms with van der Waals surface area (Å²) in [5.41, 5.74) is 0.659. The van der Waals surface area contributed by atoms with E-state index < -0.39 is 30.0 Å². The molecule has 4 atom stereocenters. The van der Waals surface area contributed by atoms with Crippen molar-refractivity contribution in [3.05, 3.63) is 40.0 Å². The van der Waals surface area contributed by atoms with Crippen LogP contribution < -0.4 is 5.32 Å². The molecule has 3 rings (SSSR count). The third-order valence-electron chi connectivity index (χ3n) is 3.60. The monoisotopic (exact) mass is 385 g/mol. The molecule has 0 unspecified atom stereocenters. The van der Waals surface area contributed by atoms with Crippen LogP contribution in [-0.2, 0) is 14.3 Å². The number of carbonyl (C=O) groups excluding carboxylic acids is 1. The maximum Gasteiger partial charge on any atom is 0.310 e. The Kier molecular flexibility index (Phi) is 3.51. The summed E-state index contributed by atoms with van der Waals surface area (Å²) in [4.78, 5) is 23.6. The fourth-order valence-electron chi connectivity index (χ4n) is 2.67. The Labute approximate surface area is 129 Å². The Morgan fingerprint density at radius 3 is 2.30 bits per heavy atom. The van der Waals surface area contributed by atoms with E-state index in [0.29, 0.717) is 5.69 Å². The lowest BCUT2D eigenvalue weighted by atomic mass is 9.82. The first-order valence-electron chi connectivity index (χ1n) is 6.19. The van der Waals surface area contributed by atoms with Crippen LogP contribution in [0.1, 0.15) is 0 Å². The van der Waals surface area contributed by atoms with Crippen molar-refractivity contribution in [2.75, 3.05) is 5.32 Å². The summed E-state index contributed by atoms with van der Waals surface area (Å²) in [6, 6.07) is 7.34. The lowest BCUT2D eigenvalue weighted by Crippen LogP contribution is -2.39. The molecule has 1 amide bonds. The molecule has 20 heavy (non-hydrogen) atoms. The largest absolute Gasteiger partial charge is 0.481 e. The molecule has 1 saturated heterocycles. The molecule has 0 aliphatic carbocycles. The van der Waals surface area contributed by atoms with Crippen molar-refractivity contribution in [2.45, 2.75) is 12.2 Å². The smallest absolute Gasteiger partial charge is 0.310 e.